The second kappa shape index (κ2) is 5.23. The summed E-state index contributed by atoms with van der Waals surface area (Å²) in [4.78, 5) is 22.1. The molecule has 0 aliphatic carbocycles. The van der Waals surface area contributed by atoms with Crippen molar-refractivity contribution in [2.75, 3.05) is 0 Å². The molecule has 0 bridgehead atoms. The first-order chi connectivity index (χ1) is 9.80. The molecule has 0 aliphatic rings. The lowest BCUT2D eigenvalue weighted by molar-refractivity contribution is -0.254. The number of rotatable bonds is 3. The summed E-state index contributed by atoms with van der Waals surface area (Å²) >= 11 is 0. The van der Waals surface area contributed by atoms with Crippen molar-refractivity contribution in [3.05, 3.63) is 45.9 Å². The number of hydrogen-bond donors (Lipinski definition) is 2. The molecule has 1 heterocycles. The van der Waals surface area contributed by atoms with E-state index in [-0.39, 0.29) is 11.3 Å². The topological polar surface area (TPSA) is 113 Å². The molecular weight excluding hydrogens is 293 g/mol. The number of H-pyrrole nitrogens is 2. The number of carboxylic acids is 1. The first-order valence-electron chi connectivity index (χ1n) is 5.40. The number of azo groups is 1. The monoisotopic (exact) mass is 299 g/mol. The van der Waals surface area contributed by atoms with Crippen molar-refractivity contribution in [3.63, 3.8) is 0 Å². The summed E-state index contributed by atoms with van der Waals surface area (Å²) in [6.07, 6.45) is -4.83. The lowest BCUT2D eigenvalue weighted by atomic mass is 10.2. The molecule has 0 radical (unpaired) electrons. The van der Waals surface area contributed by atoms with Gasteiger partial charge in [0.15, 0.2) is 11.4 Å². The Hall–Kier alpha value is -2.91. The Morgan fingerprint density at radius 2 is 1.81 bits per heavy atom. The van der Waals surface area contributed by atoms with Crippen LogP contribution in [0.3, 0.4) is 0 Å². The van der Waals surface area contributed by atoms with Crippen LogP contribution in [0.1, 0.15) is 16.1 Å². The van der Waals surface area contributed by atoms with Gasteiger partial charge in [-0.25, -0.2) is 0 Å². The smallest absolute Gasteiger partial charge is 0.435 e. The van der Waals surface area contributed by atoms with Gasteiger partial charge in [0.2, 0.25) is 0 Å². The normalized spacial score (nSPS) is 12.0. The average molecular weight is 299 g/mol. The van der Waals surface area contributed by atoms with E-state index in [2.05, 4.69) is 10.2 Å². The summed E-state index contributed by atoms with van der Waals surface area (Å²) in [5.74, 6) is -1.57. The van der Waals surface area contributed by atoms with Crippen molar-refractivity contribution < 1.29 is 23.1 Å². The molecule has 2 N–H and O–H groups in total. The molecule has 7 nitrogen and oxygen atoms in total. The number of carbonyl (C=O) groups is 1. The number of benzene rings is 1. The predicted molar refractivity (Wildman–Crippen MR) is 61.4 cm³/mol. The van der Waals surface area contributed by atoms with Crippen LogP contribution in [0.2, 0.25) is 0 Å². The Morgan fingerprint density at radius 1 is 1.14 bits per heavy atom. The van der Waals surface area contributed by atoms with Crippen molar-refractivity contribution in [2.24, 2.45) is 10.2 Å². The second-order valence-electron chi connectivity index (χ2n) is 3.81. The minimum Gasteiger partial charge on any atom is -0.545 e. The molecule has 10 heteroatoms. The summed E-state index contributed by atoms with van der Waals surface area (Å²) in [7, 11) is 0. The molecule has 21 heavy (non-hydrogen) atoms. The number of aromatic nitrogens is 2. The van der Waals surface area contributed by atoms with E-state index in [0.717, 1.165) is 6.07 Å². The van der Waals surface area contributed by atoms with Crippen molar-refractivity contribution in [2.45, 2.75) is 6.18 Å². The maximum absolute atomic E-state index is 12.6. The summed E-state index contributed by atoms with van der Waals surface area (Å²) in [6.45, 7) is 0. The maximum atomic E-state index is 12.6. The van der Waals surface area contributed by atoms with Gasteiger partial charge >= 0.3 is 6.18 Å². The fraction of sp³-hybridized carbons (Fsp3) is 0.0909. The minimum absolute atomic E-state index is 0.230. The van der Waals surface area contributed by atoms with E-state index < -0.39 is 29.1 Å². The Morgan fingerprint density at radius 3 is 2.43 bits per heavy atom. The van der Waals surface area contributed by atoms with E-state index in [1.165, 1.54) is 18.2 Å². The van der Waals surface area contributed by atoms with Crippen molar-refractivity contribution in [1.29, 1.82) is 0 Å². The molecule has 2 aromatic rings. The highest BCUT2D eigenvalue weighted by Gasteiger charge is 2.37. The van der Waals surface area contributed by atoms with Gasteiger partial charge < -0.3 is 9.90 Å². The fourth-order valence-corrected chi connectivity index (χ4v) is 1.49. The first-order valence-corrected chi connectivity index (χ1v) is 5.40. The van der Waals surface area contributed by atoms with Crippen molar-refractivity contribution in [1.82, 2.24) is 10.2 Å². The van der Waals surface area contributed by atoms with Crippen molar-refractivity contribution >= 4 is 17.3 Å². The lowest BCUT2D eigenvalue weighted by Crippen LogP contribution is -2.22. The van der Waals surface area contributed by atoms with Crippen LogP contribution in [-0.4, -0.2) is 16.2 Å². The van der Waals surface area contributed by atoms with E-state index in [0.29, 0.717) is 0 Å². The highest BCUT2D eigenvalue weighted by atomic mass is 19.4. The molecule has 0 spiro atoms. The molecule has 0 fully saturated rings. The number of nitrogens with zero attached hydrogens (tertiary/aromatic N) is 2. The van der Waals surface area contributed by atoms with Crippen LogP contribution in [0.25, 0.3) is 0 Å². The molecular formula is C11H6F3N4O3-. The second-order valence-corrected chi connectivity index (χ2v) is 3.81. The zero-order chi connectivity index (χ0) is 15.6. The van der Waals surface area contributed by atoms with Crippen LogP contribution in [-0.2, 0) is 6.18 Å². The van der Waals surface area contributed by atoms with Crippen LogP contribution in [0.15, 0.2) is 39.3 Å². The number of hydrogen-bond acceptors (Lipinski definition) is 5. The number of aromatic amines is 2. The summed E-state index contributed by atoms with van der Waals surface area (Å²) < 4.78 is 37.8. The third-order valence-electron chi connectivity index (χ3n) is 2.42. The molecule has 0 amide bonds. The average Bonchev–Trinajstić information content (AvgIpc) is 2.77. The molecule has 0 aliphatic heterocycles. The standard InChI is InChI=1S/C11H7F3N4O3/c12-11(13,14)8-7(9(19)18-17-8)16-15-6-4-2-1-3-5(6)10(20)21/h1-4H,(H,20,21)(H2,17,18,19)/p-1. The zero-order valence-corrected chi connectivity index (χ0v) is 10.1. The number of halogens is 3. The molecule has 2 rings (SSSR count). The Bertz CT molecular complexity index is 761. The van der Waals surface area contributed by atoms with Gasteiger partial charge in [0, 0.05) is 5.56 Å². The summed E-state index contributed by atoms with van der Waals surface area (Å²) in [6, 6.07) is 5.15. The van der Waals surface area contributed by atoms with E-state index in [9.17, 15) is 27.9 Å². The summed E-state index contributed by atoms with van der Waals surface area (Å²) in [5, 5.41) is 20.7. The van der Waals surface area contributed by atoms with E-state index in [1.54, 1.807) is 10.2 Å². The van der Waals surface area contributed by atoms with Gasteiger partial charge in [-0.15, -0.1) is 10.2 Å². The SMILES string of the molecule is O=C([O-])c1ccccc1N=Nc1c(C(F)(F)F)[nH][nH]c1=O. The van der Waals surface area contributed by atoms with Crippen LogP contribution in [0.5, 0.6) is 0 Å². The maximum Gasteiger partial charge on any atom is 0.435 e. The molecule has 110 valence electrons. The molecule has 0 saturated carbocycles. The number of aromatic carboxylic acids is 1. The molecule has 1 aromatic heterocycles. The van der Waals surface area contributed by atoms with Gasteiger partial charge in [-0.05, 0) is 6.07 Å². The number of alkyl halides is 3. The fourth-order valence-electron chi connectivity index (χ4n) is 1.49. The Kier molecular flexibility index (Phi) is 3.61. The Balaban J connectivity index is 2.47. The van der Waals surface area contributed by atoms with Crippen LogP contribution >= 0.6 is 0 Å². The quantitative estimate of drug-likeness (QED) is 0.837. The molecule has 1 aromatic carbocycles. The minimum atomic E-state index is -4.83. The van der Waals surface area contributed by atoms with Crippen LogP contribution < -0.4 is 10.7 Å². The van der Waals surface area contributed by atoms with Gasteiger partial charge in [0.25, 0.3) is 5.56 Å². The van der Waals surface area contributed by atoms with Gasteiger partial charge in [-0.2, -0.15) is 13.2 Å². The number of carboxylic acid groups (broad SMARTS) is 1. The largest absolute Gasteiger partial charge is 0.545 e. The highest BCUT2D eigenvalue weighted by Crippen LogP contribution is 2.33. The number of carbonyl (C=O) groups excluding carboxylic acids is 1. The zero-order valence-electron chi connectivity index (χ0n) is 10.1. The van der Waals surface area contributed by atoms with Gasteiger partial charge in [-0.1, -0.05) is 18.2 Å². The first kappa shape index (κ1) is 14.5. The van der Waals surface area contributed by atoms with Crippen LogP contribution in [0.4, 0.5) is 24.5 Å². The molecule has 0 unspecified atom stereocenters. The van der Waals surface area contributed by atoms with E-state index >= 15 is 0 Å². The molecule has 0 saturated heterocycles. The van der Waals surface area contributed by atoms with Gasteiger partial charge in [0.05, 0.1) is 11.7 Å². The van der Waals surface area contributed by atoms with E-state index in [4.69, 9.17) is 0 Å². The molecule has 0 atom stereocenters. The lowest BCUT2D eigenvalue weighted by Gasteiger charge is -2.05. The highest BCUT2D eigenvalue weighted by molar-refractivity contribution is 5.91. The van der Waals surface area contributed by atoms with Gasteiger partial charge in [0.1, 0.15) is 0 Å². The van der Waals surface area contributed by atoms with Gasteiger partial charge in [-0.3, -0.25) is 15.0 Å². The third kappa shape index (κ3) is 2.99. The predicted octanol–water partition coefficient (Wildman–Crippen LogP) is 1.50. The Labute approximate surface area is 114 Å². The van der Waals surface area contributed by atoms with E-state index in [1.807, 2.05) is 0 Å². The number of nitrogens with one attached hydrogen (secondary N) is 2. The van der Waals surface area contributed by atoms with Crippen molar-refractivity contribution in [3.8, 4) is 0 Å². The third-order valence-corrected chi connectivity index (χ3v) is 2.42. The van der Waals surface area contributed by atoms with Crippen LogP contribution in [0, 0.1) is 0 Å². The summed E-state index contributed by atoms with van der Waals surface area (Å²) in [5.41, 5.74) is -4.11.